The van der Waals surface area contributed by atoms with Gasteiger partial charge in [-0.3, -0.25) is 4.79 Å². The van der Waals surface area contributed by atoms with Gasteiger partial charge in [0.05, 0.1) is 4.75 Å². The highest BCUT2D eigenvalue weighted by Crippen LogP contribution is 2.45. The first kappa shape index (κ1) is 14.0. The maximum absolute atomic E-state index is 12.7. The number of hydrogen-bond donors (Lipinski definition) is 1. The molecule has 1 aromatic carbocycles. The second-order valence-corrected chi connectivity index (χ2v) is 7.58. The van der Waals surface area contributed by atoms with E-state index in [0.717, 1.165) is 25.3 Å². The molecule has 2 fully saturated rings. The van der Waals surface area contributed by atoms with Crippen molar-refractivity contribution in [1.82, 2.24) is 5.32 Å². The molecule has 2 aliphatic rings. The topological polar surface area (TPSA) is 29.1 Å². The zero-order valence-electron chi connectivity index (χ0n) is 11.9. The van der Waals surface area contributed by atoms with Crippen molar-refractivity contribution >= 4 is 17.7 Å². The third-order valence-corrected chi connectivity index (χ3v) is 6.15. The molecule has 1 N–H and O–H groups in total. The number of benzene rings is 1. The van der Waals surface area contributed by atoms with Crippen LogP contribution in [0.3, 0.4) is 0 Å². The summed E-state index contributed by atoms with van der Waals surface area (Å²) in [6, 6.07) is 10.4. The minimum absolute atomic E-state index is 0.217. The maximum atomic E-state index is 12.7. The lowest BCUT2D eigenvalue weighted by Gasteiger charge is -2.30. The van der Waals surface area contributed by atoms with Gasteiger partial charge in [-0.05, 0) is 43.7 Å². The predicted molar refractivity (Wildman–Crippen MR) is 83.8 cm³/mol. The Morgan fingerprint density at radius 1 is 1.15 bits per heavy atom. The molecule has 3 rings (SSSR count). The third kappa shape index (κ3) is 3.03. The average Bonchev–Trinajstić information content (AvgIpc) is 2.88. The van der Waals surface area contributed by atoms with E-state index < -0.39 is 0 Å². The van der Waals surface area contributed by atoms with E-state index in [-0.39, 0.29) is 10.7 Å². The summed E-state index contributed by atoms with van der Waals surface area (Å²) in [5.74, 6) is 1.01. The van der Waals surface area contributed by atoms with Gasteiger partial charge < -0.3 is 5.32 Å². The zero-order chi connectivity index (χ0) is 13.8. The van der Waals surface area contributed by atoms with Crippen molar-refractivity contribution in [2.75, 3.05) is 6.54 Å². The van der Waals surface area contributed by atoms with Crippen LogP contribution in [0, 0.1) is 5.92 Å². The van der Waals surface area contributed by atoms with E-state index in [2.05, 4.69) is 29.6 Å². The van der Waals surface area contributed by atoms with E-state index in [9.17, 15) is 4.79 Å². The molecule has 0 radical (unpaired) electrons. The molecule has 0 saturated heterocycles. The van der Waals surface area contributed by atoms with Crippen LogP contribution in [0.15, 0.2) is 35.2 Å². The monoisotopic (exact) mass is 289 g/mol. The lowest BCUT2D eigenvalue weighted by molar-refractivity contribution is -0.123. The number of thioether (sulfide) groups is 1. The van der Waals surface area contributed by atoms with Crippen molar-refractivity contribution in [2.45, 2.75) is 54.6 Å². The predicted octanol–water partition coefficient (Wildman–Crippen LogP) is 4.01. The van der Waals surface area contributed by atoms with Gasteiger partial charge in [0.2, 0.25) is 5.91 Å². The molecule has 108 valence electrons. The van der Waals surface area contributed by atoms with Crippen molar-refractivity contribution in [2.24, 2.45) is 5.92 Å². The Hall–Kier alpha value is -0.960. The molecule has 1 amide bonds. The Morgan fingerprint density at radius 3 is 2.45 bits per heavy atom. The van der Waals surface area contributed by atoms with E-state index in [1.165, 1.54) is 37.0 Å². The maximum Gasteiger partial charge on any atom is 0.236 e. The quantitative estimate of drug-likeness (QED) is 0.887. The van der Waals surface area contributed by atoms with E-state index >= 15 is 0 Å². The molecule has 0 unspecified atom stereocenters. The summed E-state index contributed by atoms with van der Waals surface area (Å²) in [5, 5.41) is 3.23. The smallest absolute Gasteiger partial charge is 0.236 e. The molecule has 2 saturated carbocycles. The highest BCUT2D eigenvalue weighted by Gasteiger charge is 2.42. The molecular weight excluding hydrogens is 266 g/mol. The van der Waals surface area contributed by atoms with E-state index in [4.69, 9.17) is 0 Å². The fraction of sp³-hybridized carbons (Fsp3) is 0.588. The largest absolute Gasteiger partial charge is 0.355 e. The molecule has 0 spiro atoms. The highest BCUT2D eigenvalue weighted by molar-refractivity contribution is 8.01. The SMILES string of the molecule is O=C(NCC1CCC1)C1(Sc2ccccc2)CCCC1. The van der Waals surface area contributed by atoms with E-state index in [1.807, 2.05) is 6.07 Å². The van der Waals surface area contributed by atoms with Crippen molar-refractivity contribution in [3.8, 4) is 0 Å². The van der Waals surface area contributed by atoms with Crippen LogP contribution >= 0.6 is 11.8 Å². The Morgan fingerprint density at radius 2 is 1.85 bits per heavy atom. The van der Waals surface area contributed by atoms with Crippen LogP contribution in [0.1, 0.15) is 44.9 Å². The Bertz CT molecular complexity index is 449. The van der Waals surface area contributed by atoms with Crippen LogP contribution in [0.4, 0.5) is 0 Å². The highest BCUT2D eigenvalue weighted by atomic mass is 32.2. The number of rotatable bonds is 5. The van der Waals surface area contributed by atoms with Crippen LogP contribution in [-0.4, -0.2) is 17.2 Å². The summed E-state index contributed by atoms with van der Waals surface area (Å²) >= 11 is 1.77. The van der Waals surface area contributed by atoms with Gasteiger partial charge in [0.15, 0.2) is 0 Å². The van der Waals surface area contributed by atoms with Crippen LogP contribution in [-0.2, 0) is 4.79 Å². The lowest BCUT2D eigenvalue weighted by Crippen LogP contribution is -2.44. The van der Waals surface area contributed by atoms with Gasteiger partial charge >= 0.3 is 0 Å². The Kier molecular flexibility index (Phi) is 4.35. The Labute approximate surface area is 125 Å². The summed E-state index contributed by atoms with van der Waals surface area (Å²) in [6.07, 6.45) is 8.31. The second kappa shape index (κ2) is 6.21. The minimum atomic E-state index is -0.217. The fourth-order valence-corrected chi connectivity index (χ4v) is 4.53. The van der Waals surface area contributed by atoms with Crippen LogP contribution in [0.25, 0.3) is 0 Å². The normalized spacial score (nSPS) is 21.4. The first-order valence-electron chi connectivity index (χ1n) is 7.81. The Balaban J connectivity index is 1.65. The van der Waals surface area contributed by atoms with Crippen LogP contribution < -0.4 is 5.32 Å². The van der Waals surface area contributed by atoms with Gasteiger partial charge in [-0.15, -0.1) is 11.8 Å². The van der Waals surface area contributed by atoms with Crippen LogP contribution in [0.2, 0.25) is 0 Å². The first-order valence-corrected chi connectivity index (χ1v) is 8.62. The fourth-order valence-electron chi connectivity index (χ4n) is 3.13. The summed E-state index contributed by atoms with van der Waals surface area (Å²) in [6.45, 7) is 0.885. The van der Waals surface area contributed by atoms with Crippen molar-refractivity contribution in [3.05, 3.63) is 30.3 Å². The van der Waals surface area contributed by atoms with Gasteiger partial charge in [0, 0.05) is 11.4 Å². The lowest BCUT2D eigenvalue weighted by atomic mass is 9.85. The van der Waals surface area contributed by atoms with Gasteiger partial charge in [-0.2, -0.15) is 0 Å². The minimum Gasteiger partial charge on any atom is -0.355 e. The van der Waals surface area contributed by atoms with Gasteiger partial charge in [0.1, 0.15) is 0 Å². The van der Waals surface area contributed by atoms with Gasteiger partial charge in [-0.1, -0.05) is 37.5 Å². The van der Waals surface area contributed by atoms with E-state index in [0.29, 0.717) is 0 Å². The molecule has 0 aliphatic heterocycles. The molecule has 1 aromatic rings. The second-order valence-electron chi connectivity index (χ2n) is 6.12. The zero-order valence-corrected chi connectivity index (χ0v) is 12.8. The molecule has 2 aliphatic carbocycles. The average molecular weight is 289 g/mol. The number of hydrogen-bond acceptors (Lipinski definition) is 2. The standard InChI is InChI=1S/C17H23NOS/c19-16(18-13-14-7-6-8-14)17(11-4-5-12-17)20-15-9-2-1-3-10-15/h1-3,9-10,14H,4-8,11-13H2,(H,18,19). The number of carbonyl (C=O) groups is 1. The summed E-state index contributed by atoms with van der Waals surface area (Å²) in [4.78, 5) is 13.9. The van der Waals surface area contributed by atoms with Crippen molar-refractivity contribution in [3.63, 3.8) is 0 Å². The number of amides is 1. The summed E-state index contributed by atoms with van der Waals surface area (Å²) in [5.41, 5.74) is 0. The van der Waals surface area contributed by atoms with Crippen LogP contribution in [0.5, 0.6) is 0 Å². The first-order chi connectivity index (χ1) is 9.78. The van der Waals surface area contributed by atoms with Gasteiger partial charge in [0.25, 0.3) is 0 Å². The molecule has 0 heterocycles. The summed E-state index contributed by atoms with van der Waals surface area (Å²) in [7, 11) is 0. The van der Waals surface area contributed by atoms with Crippen molar-refractivity contribution < 1.29 is 4.79 Å². The molecular formula is C17H23NOS. The van der Waals surface area contributed by atoms with E-state index in [1.54, 1.807) is 11.8 Å². The molecule has 0 aromatic heterocycles. The molecule has 3 heteroatoms. The number of carbonyl (C=O) groups excluding carboxylic acids is 1. The molecule has 0 bridgehead atoms. The summed E-state index contributed by atoms with van der Waals surface area (Å²) < 4.78 is -0.217. The molecule has 20 heavy (non-hydrogen) atoms. The third-order valence-electron chi connectivity index (χ3n) is 4.66. The van der Waals surface area contributed by atoms with Gasteiger partial charge in [-0.25, -0.2) is 0 Å². The van der Waals surface area contributed by atoms with Crippen molar-refractivity contribution in [1.29, 1.82) is 0 Å². The number of nitrogens with one attached hydrogen (secondary N) is 1. The molecule has 2 nitrogen and oxygen atoms in total. The molecule has 0 atom stereocenters.